The SMILES string of the molecule is N=CN1CC23c4c(cccc41)C1c4ccccc4Cc4cc5c(c2c41)C(c1ccccc1C5)c1cccc[n+]13. The van der Waals surface area contributed by atoms with Crippen LogP contribution >= 0.6 is 0 Å². The van der Waals surface area contributed by atoms with Crippen LogP contribution in [0, 0.1) is 5.41 Å². The summed E-state index contributed by atoms with van der Waals surface area (Å²) in [6.07, 6.45) is 5.84. The molecule has 3 heterocycles. The highest BCUT2D eigenvalue weighted by atomic mass is 15.2. The van der Waals surface area contributed by atoms with Gasteiger partial charge in [-0.25, -0.2) is 0 Å². The summed E-state index contributed by atoms with van der Waals surface area (Å²) in [7, 11) is 0. The third kappa shape index (κ3) is 2.18. The second-order valence-corrected chi connectivity index (χ2v) is 11.9. The molecule has 5 aromatic rings. The molecule has 0 fully saturated rings. The first-order valence-electron chi connectivity index (χ1n) is 14.1. The van der Waals surface area contributed by atoms with Crippen molar-refractivity contribution in [2.45, 2.75) is 30.2 Å². The highest BCUT2D eigenvalue weighted by Crippen LogP contribution is 2.62. The first-order valence-corrected chi connectivity index (χ1v) is 14.1. The van der Waals surface area contributed by atoms with Gasteiger partial charge in [0, 0.05) is 23.6 Å². The van der Waals surface area contributed by atoms with Crippen LogP contribution in [0.4, 0.5) is 5.69 Å². The zero-order chi connectivity index (χ0) is 25.5. The Morgan fingerprint density at radius 1 is 0.692 bits per heavy atom. The Hall–Kier alpha value is -4.50. The van der Waals surface area contributed by atoms with Gasteiger partial charge in [0.1, 0.15) is 0 Å². The van der Waals surface area contributed by atoms with E-state index in [1.165, 1.54) is 72.6 Å². The van der Waals surface area contributed by atoms with E-state index in [4.69, 9.17) is 5.41 Å². The first kappa shape index (κ1) is 20.5. The molecule has 1 spiro atoms. The predicted molar refractivity (Wildman–Crippen MR) is 152 cm³/mol. The summed E-state index contributed by atoms with van der Waals surface area (Å²) in [4.78, 5) is 2.19. The van der Waals surface area contributed by atoms with Gasteiger partial charge in [-0.1, -0.05) is 72.8 Å². The zero-order valence-electron chi connectivity index (χ0n) is 21.5. The van der Waals surface area contributed by atoms with Crippen LogP contribution in [-0.2, 0) is 18.4 Å². The maximum Gasteiger partial charge on any atom is 0.239 e. The molecule has 39 heavy (non-hydrogen) atoms. The molecule has 10 rings (SSSR count). The summed E-state index contributed by atoms with van der Waals surface area (Å²) in [5, 5.41) is 8.47. The van der Waals surface area contributed by atoms with E-state index >= 15 is 0 Å². The average Bonchev–Trinajstić information content (AvgIpc) is 3.33. The van der Waals surface area contributed by atoms with Crippen LogP contribution in [0.3, 0.4) is 0 Å². The Labute approximate surface area is 227 Å². The van der Waals surface area contributed by atoms with Crippen LogP contribution in [0.25, 0.3) is 0 Å². The Kier molecular flexibility index (Phi) is 3.53. The van der Waals surface area contributed by atoms with Crippen molar-refractivity contribution in [2.75, 3.05) is 11.4 Å². The summed E-state index contributed by atoms with van der Waals surface area (Å²) in [5.41, 5.74) is 18.4. The lowest BCUT2D eigenvalue weighted by molar-refractivity contribution is -0.750. The van der Waals surface area contributed by atoms with Gasteiger partial charge in [0.15, 0.2) is 11.9 Å². The number of rotatable bonds is 1. The lowest BCUT2D eigenvalue weighted by atomic mass is 9.57. The molecule has 2 aliphatic heterocycles. The van der Waals surface area contributed by atoms with Crippen molar-refractivity contribution in [2.24, 2.45) is 0 Å². The molecule has 3 heteroatoms. The largest absolute Gasteiger partial charge is 0.325 e. The van der Waals surface area contributed by atoms with Crippen molar-refractivity contribution >= 4 is 12.0 Å². The summed E-state index contributed by atoms with van der Waals surface area (Å²) in [6.45, 7) is 0.760. The molecule has 3 nitrogen and oxygen atoms in total. The van der Waals surface area contributed by atoms with Crippen molar-refractivity contribution in [1.82, 2.24) is 0 Å². The average molecular weight is 501 g/mol. The van der Waals surface area contributed by atoms with E-state index in [9.17, 15) is 0 Å². The first-order chi connectivity index (χ1) is 19.3. The molecule has 3 unspecified atom stereocenters. The number of hydrogen-bond acceptors (Lipinski definition) is 1. The third-order valence-electron chi connectivity index (χ3n) is 10.3. The minimum absolute atomic E-state index is 0.220. The number of benzene rings is 4. The highest BCUT2D eigenvalue weighted by Gasteiger charge is 2.64. The molecule has 0 radical (unpaired) electrons. The number of anilines is 1. The number of nitrogens with zero attached hydrogens (tertiary/aromatic N) is 2. The molecule has 3 aliphatic carbocycles. The van der Waals surface area contributed by atoms with Gasteiger partial charge < -0.3 is 4.90 Å². The summed E-state index contributed by atoms with van der Waals surface area (Å²) in [6, 6.07) is 34.4. The fraction of sp³-hybridized carbons (Fsp3) is 0.167. The monoisotopic (exact) mass is 500 g/mol. The van der Waals surface area contributed by atoms with Crippen LogP contribution in [0.15, 0.2) is 97.2 Å². The second kappa shape index (κ2) is 6.73. The highest BCUT2D eigenvalue weighted by molar-refractivity contribution is 5.87. The molecule has 5 aliphatic rings. The van der Waals surface area contributed by atoms with Crippen molar-refractivity contribution in [3.8, 4) is 0 Å². The minimum Gasteiger partial charge on any atom is -0.325 e. The molecular weight excluding hydrogens is 474 g/mol. The van der Waals surface area contributed by atoms with E-state index in [2.05, 4.69) is 107 Å². The van der Waals surface area contributed by atoms with Gasteiger partial charge in [-0.15, -0.1) is 0 Å². The number of nitrogens with one attached hydrogen (secondary N) is 1. The molecule has 0 amide bonds. The van der Waals surface area contributed by atoms with Crippen molar-refractivity contribution in [3.63, 3.8) is 0 Å². The molecule has 3 atom stereocenters. The fourth-order valence-corrected chi connectivity index (χ4v) is 9.11. The van der Waals surface area contributed by atoms with E-state index in [1.54, 1.807) is 6.34 Å². The van der Waals surface area contributed by atoms with Crippen molar-refractivity contribution < 1.29 is 4.57 Å². The van der Waals surface area contributed by atoms with Crippen LogP contribution < -0.4 is 9.47 Å². The Balaban J connectivity index is 1.44. The van der Waals surface area contributed by atoms with Gasteiger partial charge in [0.05, 0.1) is 30.1 Å². The third-order valence-corrected chi connectivity index (χ3v) is 10.3. The van der Waals surface area contributed by atoms with Gasteiger partial charge in [-0.2, -0.15) is 4.57 Å². The van der Waals surface area contributed by atoms with E-state index < -0.39 is 0 Å². The van der Waals surface area contributed by atoms with Crippen LogP contribution in [-0.4, -0.2) is 12.9 Å². The van der Waals surface area contributed by atoms with Crippen LogP contribution in [0.5, 0.6) is 0 Å². The smallest absolute Gasteiger partial charge is 0.239 e. The quantitative estimate of drug-likeness (QED) is 0.168. The lowest BCUT2D eigenvalue weighted by Crippen LogP contribution is -2.66. The zero-order valence-corrected chi connectivity index (χ0v) is 21.5. The summed E-state index contributed by atoms with van der Waals surface area (Å²) < 4.78 is 2.61. The number of pyridine rings is 1. The normalized spacial score (nSPS) is 23.2. The van der Waals surface area contributed by atoms with Gasteiger partial charge >= 0.3 is 0 Å². The summed E-state index contributed by atoms with van der Waals surface area (Å²) >= 11 is 0. The molecule has 1 N–H and O–H groups in total. The fourth-order valence-electron chi connectivity index (χ4n) is 9.11. The molecule has 1 aromatic heterocycles. The predicted octanol–water partition coefficient (Wildman–Crippen LogP) is 5.99. The Morgan fingerprint density at radius 2 is 1.36 bits per heavy atom. The minimum atomic E-state index is -0.346. The van der Waals surface area contributed by atoms with Gasteiger partial charge in [0.25, 0.3) is 0 Å². The number of aromatic nitrogens is 1. The maximum atomic E-state index is 8.47. The molecule has 0 saturated carbocycles. The molecular formula is C36H26N3+. The van der Waals surface area contributed by atoms with Gasteiger partial charge in [-0.05, 0) is 69.0 Å². The number of hydrogen-bond donors (Lipinski definition) is 1. The Bertz CT molecular complexity index is 1930. The van der Waals surface area contributed by atoms with Gasteiger partial charge in [0.2, 0.25) is 5.54 Å². The van der Waals surface area contributed by atoms with E-state index in [1.807, 2.05) is 0 Å². The van der Waals surface area contributed by atoms with Crippen LogP contribution in [0.1, 0.15) is 78.7 Å². The summed E-state index contributed by atoms with van der Waals surface area (Å²) in [5.74, 6) is 0.445. The van der Waals surface area contributed by atoms with E-state index in [-0.39, 0.29) is 17.4 Å². The van der Waals surface area contributed by atoms with Crippen molar-refractivity contribution in [1.29, 1.82) is 5.41 Å². The van der Waals surface area contributed by atoms with Crippen molar-refractivity contribution in [3.05, 3.63) is 164 Å². The molecule has 4 aromatic carbocycles. The second-order valence-electron chi connectivity index (χ2n) is 11.9. The van der Waals surface area contributed by atoms with E-state index in [0.717, 1.165) is 19.4 Å². The maximum absolute atomic E-state index is 8.47. The Morgan fingerprint density at radius 3 is 2.13 bits per heavy atom. The standard InChI is InChI=1S/C36H26N3/c37-20-38-19-36-34-27(12-7-14-29(34)38)32-25-10-3-1-8-21(25)16-23-18-24-17-22-9-2-4-11-26(22)33(31(24)35(36)30(23)32)28-13-5-6-15-39(28)36/h1-15,18,20,32-33,37H,16-17,19H2/q+1. The van der Waals surface area contributed by atoms with Crippen LogP contribution in [0.2, 0.25) is 0 Å². The molecule has 0 saturated heterocycles. The molecule has 184 valence electrons. The number of fused-ring (bicyclic) bond motifs is 7. The molecule has 0 bridgehead atoms. The topological polar surface area (TPSA) is 31.0 Å². The lowest BCUT2D eigenvalue weighted by Gasteiger charge is -2.47. The van der Waals surface area contributed by atoms with Gasteiger partial charge in [-0.3, -0.25) is 5.41 Å². The van der Waals surface area contributed by atoms with E-state index in [0.29, 0.717) is 0 Å².